The number of aryl methyl sites for hydroxylation is 1. The largest absolute Gasteiger partial charge is 0.347 e. The number of hydrogen-bond donors (Lipinski definition) is 1. The summed E-state index contributed by atoms with van der Waals surface area (Å²) in [6.07, 6.45) is 3.08. The highest BCUT2D eigenvalue weighted by molar-refractivity contribution is 8.14. The zero-order valence-corrected chi connectivity index (χ0v) is 15.1. The molecule has 0 aromatic heterocycles. The van der Waals surface area contributed by atoms with Crippen molar-refractivity contribution >= 4 is 34.5 Å². The Balaban J connectivity index is 1.79. The van der Waals surface area contributed by atoms with Gasteiger partial charge in [-0.2, -0.15) is 0 Å². The van der Waals surface area contributed by atoms with E-state index in [1.54, 1.807) is 6.92 Å². The van der Waals surface area contributed by atoms with Crippen LogP contribution in [0.15, 0.2) is 18.2 Å². The number of carbonyl (C=O) groups is 3. The lowest BCUT2D eigenvalue weighted by Gasteiger charge is -2.36. The maximum Gasteiger partial charge on any atom is 0.289 e. The zero-order valence-electron chi connectivity index (χ0n) is 14.3. The van der Waals surface area contributed by atoms with Crippen LogP contribution in [0.3, 0.4) is 0 Å². The second-order valence-electron chi connectivity index (χ2n) is 6.51. The van der Waals surface area contributed by atoms with Crippen molar-refractivity contribution in [2.45, 2.75) is 44.7 Å². The van der Waals surface area contributed by atoms with Crippen molar-refractivity contribution in [3.05, 3.63) is 39.4 Å². The molecular formula is C17H19N3O5S. The van der Waals surface area contributed by atoms with E-state index in [1.807, 2.05) is 0 Å². The van der Waals surface area contributed by atoms with Crippen LogP contribution in [-0.4, -0.2) is 44.7 Å². The molecule has 2 unspecified atom stereocenters. The molecule has 26 heavy (non-hydrogen) atoms. The molecule has 1 aliphatic heterocycles. The molecule has 1 aromatic carbocycles. The number of nitro benzene ring substituents is 1. The molecular weight excluding hydrogens is 358 g/mol. The maximum absolute atomic E-state index is 12.6. The van der Waals surface area contributed by atoms with E-state index in [2.05, 4.69) is 5.32 Å². The van der Waals surface area contributed by atoms with Gasteiger partial charge in [-0.05, 0) is 25.8 Å². The highest BCUT2D eigenvalue weighted by Gasteiger charge is 2.41. The number of nitrogens with one attached hydrogen (secondary N) is 1. The average Bonchev–Trinajstić information content (AvgIpc) is 2.94. The Kier molecular flexibility index (Phi) is 5.26. The molecule has 3 amide bonds. The molecule has 1 aromatic rings. The van der Waals surface area contributed by atoms with Crippen LogP contribution >= 0.6 is 11.8 Å². The smallest absolute Gasteiger partial charge is 0.289 e. The van der Waals surface area contributed by atoms with Crippen molar-refractivity contribution in [3.63, 3.8) is 0 Å². The van der Waals surface area contributed by atoms with E-state index in [1.165, 1.54) is 23.1 Å². The van der Waals surface area contributed by atoms with E-state index in [0.29, 0.717) is 18.4 Å². The van der Waals surface area contributed by atoms with Gasteiger partial charge in [0.05, 0.1) is 22.8 Å². The molecule has 2 atom stereocenters. The van der Waals surface area contributed by atoms with Crippen molar-refractivity contribution in [1.29, 1.82) is 0 Å². The molecule has 0 bridgehead atoms. The third-order valence-corrected chi connectivity index (χ3v) is 5.67. The molecule has 3 rings (SSSR count). The summed E-state index contributed by atoms with van der Waals surface area (Å²) < 4.78 is 0. The molecule has 138 valence electrons. The Morgan fingerprint density at radius 3 is 2.69 bits per heavy atom. The SMILES string of the molecule is Cc1ccc(C(=O)NC2CCCCC2N2C(=O)CSC2=O)cc1[N+](=O)[O-]. The first-order valence-electron chi connectivity index (χ1n) is 8.43. The van der Waals surface area contributed by atoms with Gasteiger partial charge in [-0.3, -0.25) is 29.4 Å². The van der Waals surface area contributed by atoms with Gasteiger partial charge in [-0.25, -0.2) is 0 Å². The van der Waals surface area contributed by atoms with Crippen molar-refractivity contribution in [1.82, 2.24) is 10.2 Å². The number of benzene rings is 1. The molecule has 1 heterocycles. The lowest BCUT2D eigenvalue weighted by Crippen LogP contribution is -2.54. The van der Waals surface area contributed by atoms with Crippen LogP contribution in [0.1, 0.15) is 41.6 Å². The molecule has 0 spiro atoms. The van der Waals surface area contributed by atoms with Crippen molar-refractivity contribution in [2.75, 3.05) is 5.75 Å². The highest BCUT2D eigenvalue weighted by Crippen LogP contribution is 2.30. The number of carbonyl (C=O) groups excluding carboxylic acids is 3. The summed E-state index contributed by atoms with van der Waals surface area (Å²) in [6, 6.07) is 3.63. The van der Waals surface area contributed by atoms with Crippen molar-refractivity contribution < 1.29 is 19.3 Å². The first-order valence-corrected chi connectivity index (χ1v) is 9.42. The molecule has 1 aliphatic carbocycles. The van der Waals surface area contributed by atoms with Crippen LogP contribution < -0.4 is 5.32 Å². The number of hydrogen-bond acceptors (Lipinski definition) is 6. The fourth-order valence-corrected chi connectivity index (χ4v) is 4.23. The monoisotopic (exact) mass is 377 g/mol. The highest BCUT2D eigenvalue weighted by atomic mass is 32.2. The molecule has 0 radical (unpaired) electrons. The fourth-order valence-electron chi connectivity index (χ4n) is 3.47. The third kappa shape index (κ3) is 3.57. The minimum atomic E-state index is -0.520. The fraction of sp³-hybridized carbons (Fsp3) is 0.471. The third-order valence-electron chi connectivity index (χ3n) is 4.83. The van der Waals surface area contributed by atoms with Gasteiger partial charge < -0.3 is 5.32 Å². The van der Waals surface area contributed by atoms with E-state index in [4.69, 9.17) is 0 Å². The molecule has 2 fully saturated rings. The first kappa shape index (κ1) is 18.4. The van der Waals surface area contributed by atoms with Crippen LogP contribution in [0.2, 0.25) is 0 Å². The summed E-state index contributed by atoms with van der Waals surface area (Å²) in [5.41, 5.74) is 0.562. The van der Waals surface area contributed by atoms with Gasteiger partial charge in [-0.15, -0.1) is 0 Å². The minimum absolute atomic E-state index is 0.112. The Morgan fingerprint density at radius 1 is 1.31 bits per heavy atom. The van der Waals surface area contributed by atoms with Gasteiger partial charge in [0.15, 0.2) is 0 Å². The predicted molar refractivity (Wildman–Crippen MR) is 96.0 cm³/mol. The van der Waals surface area contributed by atoms with Crippen molar-refractivity contribution in [2.24, 2.45) is 0 Å². The Bertz CT molecular complexity index is 766. The maximum atomic E-state index is 12.6. The molecule has 1 N–H and O–H groups in total. The Morgan fingerprint density at radius 2 is 2.04 bits per heavy atom. The lowest BCUT2D eigenvalue weighted by molar-refractivity contribution is -0.385. The van der Waals surface area contributed by atoms with Crippen LogP contribution in [0.5, 0.6) is 0 Å². The number of imide groups is 1. The normalized spacial score (nSPS) is 23.2. The molecule has 8 nitrogen and oxygen atoms in total. The summed E-state index contributed by atoms with van der Waals surface area (Å²) >= 11 is 0.981. The van der Waals surface area contributed by atoms with Gasteiger partial charge >= 0.3 is 0 Å². The summed E-state index contributed by atoms with van der Waals surface area (Å²) in [4.78, 5) is 48.5. The van der Waals surface area contributed by atoms with E-state index in [-0.39, 0.29) is 40.2 Å². The van der Waals surface area contributed by atoms with E-state index >= 15 is 0 Å². The number of nitro groups is 1. The number of amides is 3. The number of rotatable bonds is 4. The van der Waals surface area contributed by atoms with Crippen LogP contribution in [-0.2, 0) is 4.79 Å². The van der Waals surface area contributed by atoms with Crippen LogP contribution in [0, 0.1) is 17.0 Å². The lowest BCUT2D eigenvalue weighted by atomic mass is 9.89. The molecule has 1 saturated carbocycles. The molecule has 1 saturated heterocycles. The Labute approximate surface area is 154 Å². The summed E-state index contributed by atoms with van der Waals surface area (Å²) in [7, 11) is 0. The average molecular weight is 377 g/mol. The van der Waals surface area contributed by atoms with E-state index in [9.17, 15) is 24.5 Å². The topological polar surface area (TPSA) is 110 Å². The van der Waals surface area contributed by atoms with Gasteiger partial charge in [0.25, 0.3) is 16.8 Å². The van der Waals surface area contributed by atoms with Crippen LogP contribution in [0.25, 0.3) is 0 Å². The van der Waals surface area contributed by atoms with E-state index in [0.717, 1.165) is 24.6 Å². The second-order valence-corrected chi connectivity index (χ2v) is 7.44. The standard InChI is InChI=1S/C17H19N3O5S/c1-10-6-7-11(8-14(10)20(24)25)16(22)18-12-4-2-3-5-13(12)19-15(21)9-26-17(19)23/h6-8,12-13H,2-5,9H2,1H3,(H,18,22). The minimum Gasteiger partial charge on any atom is -0.347 e. The zero-order chi connectivity index (χ0) is 18.8. The number of nitrogens with zero attached hydrogens (tertiary/aromatic N) is 2. The summed E-state index contributed by atoms with van der Waals surface area (Å²) in [5.74, 6) is -0.519. The molecule has 9 heteroatoms. The number of thioether (sulfide) groups is 1. The van der Waals surface area contributed by atoms with Gasteiger partial charge in [0.1, 0.15) is 0 Å². The van der Waals surface area contributed by atoms with Gasteiger partial charge in [0, 0.05) is 17.2 Å². The van der Waals surface area contributed by atoms with Gasteiger partial charge in [0.2, 0.25) is 5.91 Å². The summed E-state index contributed by atoms with van der Waals surface area (Å²) in [5, 5.41) is 13.7. The Hall–Kier alpha value is -2.42. The van der Waals surface area contributed by atoms with Crippen LogP contribution in [0.4, 0.5) is 10.5 Å². The van der Waals surface area contributed by atoms with Crippen molar-refractivity contribution in [3.8, 4) is 0 Å². The predicted octanol–water partition coefficient (Wildman–Crippen LogP) is 2.64. The van der Waals surface area contributed by atoms with Gasteiger partial charge in [-0.1, -0.05) is 30.7 Å². The van der Waals surface area contributed by atoms with E-state index < -0.39 is 10.8 Å². The summed E-state index contributed by atoms with van der Waals surface area (Å²) in [6.45, 7) is 1.61. The quantitative estimate of drug-likeness (QED) is 0.638. The first-order chi connectivity index (χ1) is 12.4. The second kappa shape index (κ2) is 7.45. The molecule has 2 aliphatic rings.